The van der Waals surface area contributed by atoms with Gasteiger partial charge in [0.1, 0.15) is 0 Å². The molecule has 7 rings (SSSR count). The fourth-order valence-electron chi connectivity index (χ4n) is 8.91. The number of nitrogens with zero attached hydrogens (tertiary/aromatic N) is 2. The Kier molecular flexibility index (Phi) is 5.15. The lowest BCUT2D eigenvalue weighted by atomic mass is 9.80. The lowest BCUT2D eigenvalue weighted by molar-refractivity contribution is -0.141. The normalized spacial score (nSPS) is 39.3. The van der Waals surface area contributed by atoms with E-state index in [0.29, 0.717) is 6.54 Å². The minimum Gasteiger partial charge on any atom is -0.278 e. The molecule has 8 atom stereocenters. The van der Waals surface area contributed by atoms with Crippen molar-refractivity contribution >= 4 is 23.6 Å². The summed E-state index contributed by atoms with van der Waals surface area (Å²) in [4.78, 5) is 56.3. The maximum atomic E-state index is 13.4. The van der Waals surface area contributed by atoms with E-state index in [2.05, 4.69) is 31.7 Å². The van der Waals surface area contributed by atoms with E-state index in [0.717, 1.165) is 49.7 Å². The number of imide groups is 2. The number of amides is 4. The zero-order chi connectivity index (χ0) is 25.6. The molecule has 2 aliphatic heterocycles. The summed E-state index contributed by atoms with van der Waals surface area (Å²) in [6.45, 7) is 6.58. The smallest absolute Gasteiger partial charge is 0.234 e. The van der Waals surface area contributed by atoms with Gasteiger partial charge in [-0.15, -0.1) is 6.58 Å². The molecule has 192 valence electrons. The first-order valence-corrected chi connectivity index (χ1v) is 14.0. The Balaban J connectivity index is 1.05. The lowest BCUT2D eigenvalue weighted by Crippen LogP contribution is -2.36. The predicted molar refractivity (Wildman–Crippen MR) is 137 cm³/mol. The molecule has 4 fully saturated rings. The third-order valence-electron chi connectivity index (χ3n) is 10.4. The van der Waals surface area contributed by atoms with E-state index in [-0.39, 0.29) is 77.5 Å². The number of carbonyl (C=O) groups excluding carboxylic acids is 4. The number of rotatable bonds is 7. The first-order chi connectivity index (χ1) is 17.9. The highest BCUT2D eigenvalue weighted by Gasteiger charge is 2.62. The predicted octanol–water partition coefficient (Wildman–Crippen LogP) is 3.97. The Hall–Kier alpha value is -3.02. The van der Waals surface area contributed by atoms with E-state index in [1.807, 2.05) is 12.2 Å². The molecule has 2 saturated carbocycles. The van der Waals surface area contributed by atoms with Crippen LogP contribution in [0, 0.1) is 47.3 Å². The molecular weight excluding hydrogens is 464 g/mol. The largest absolute Gasteiger partial charge is 0.278 e. The van der Waals surface area contributed by atoms with Gasteiger partial charge in [-0.1, -0.05) is 48.5 Å². The van der Waals surface area contributed by atoms with Gasteiger partial charge in [-0.3, -0.25) is 29.0 Å². The number of hydrogen-bond acceptors (Lipinski definition) is 4. The van der Waals surface area contributed by atoms with Crippen molar-refractivity contribution in [2.24, 2.45) is 47.3 Å². The van der Waals surface area contributed by atoms with Crippen LogP contribution in [0.2, 0.25) is 0 Å². The summed E-state index contributed by atoms with van der Waals surface area (Å²) in [5.41, 5.74) is 4.58. The molecule has 4 amide bonds. The highest BCUT2D eigenvalue weighted by Crippen LogP contribution is 2.57. The Morgan fingerprint density at radius 1 is 0.838 bits per heavy atom. The summed E-state index contributed by atoms with van der Waals surface area (Å²) < 4.78 is 0. The molecule has 0 aromatic carbocycles. The van der Waals surface area contributed by atoms with Crippen molar-refractivity contribution in [2.45, 2.75) is 45.4 Å². The topological polar surface area (TPSA) is 74.8 Å². The second-order valence-corrected chi connectivity index (χ2v) is 12.1. The van der Waals surface area contributed by atoms with E-state index in [1.165, 1.54) is 20.9 Å². The first-order valence-electron chi connectivity index (χ1n) is 14.0. The molecule has 7 aliphatic rings. The first kappa shape index (κ1) is 23.1. The van der Waals surface area contributed by atoms with Crippen molar-refractivity contribution in [3.8, 4) is 0 Å². The highest BCUT2D eigenvalue weighted by atomic mass is 16.2. The van der Waals surface area contributed by atoms with Gasteiger partial charge in [0.25, 0.3) is 0 Å². The van der Waals surface area contributed by atoms with Crippen molar-refractivity contribution in [3.05, 3.63) is 59.3 Å². The molecule has 8 unspecified atom stereocenters. The van der Waals surface area contributed by atoms with Crippen LogP contribution in [0.15, 0.2) is 59.3 Å². The molecule has 4 bridgehead atoms. The zero-order valence-corrected chi connectivity index (χ0v) is 21.4. The molecule has 0 aromatic heterocycles. The number of likely N-dealkylation sites (tertiary alicyclic amines) is 2. The van der Waals surface area contributed by atoms with Gasteiger partial charge in [-0.05, 0) is 73.3 Å². The molecule has 0 spiro atoms. The van der Waals surface area contributed by atoms with Crippen LogP contribution in [0.4, 0.5) is 0 Å². The highest BCUT2D eigenvalue weighted by molar-refractivity contribution is 6.07. The van der Waals surface area contributed by atoms with Gasteiger partial charge < -0.3 is 0 Å². The van der Waals surface area contributed by atoms with Crippen LogP contribution >= 0.6 is 0 Å². The maximum absolute atomic E-state index is 13.4. The summed E-state index contributed by atoms with van der Waals surface area (Å²) in [5.74, 6) is -0.0875. The van der Waals surface area contributed by atoms with Gasteiger partial charge in [-0.25, -0.2) is 0 Å². The van der Waals surface area contributed by atoms with Crippen LogP contribution < -0.4 is 0 Å². The van der Waals surface area contributed by atoms with Gasteiger partial charge >= 0.3 is 0 Å². The lowest BCUT2D eigenvalue weighted by Gasteiger charge is -2.23. The van der Waals surface area contributed by atoms with E-state index < -0.39 is 0 Å². The summed E-state index contributed by atoms with van der Waals surface area (Å²) in [7, 11) is 0. The van der Waals surface area contributed by atoms with Gasteiger partial charge in [-0.2, -0.15) is 0 Å². The molecule has 37 heavy (non-hydrogen) atoms. The van der Waals surface area contributed by atoms with Crippen molar-refractivity contribution < 1.29 is 19.2 Å². The standard InChI is InChI=1S/C31H34N2O4/c1-3-6-19-11-21-13-23(19)27-25(21)29(35)33(31(27)37)15-17-8-5-7-16(9-17)14-32-28(34)24-20-10-18(4-2)22(12-20)26(24)30(32)36/h3,8-11,20-27H,1,4-7,12-15H2,2H3. The Bertz CT molecular complexity index is 1270. The molecule has 6 nitrogen and oxygen atoms in total. The summed E-state index contributed by atoms with van der Waals surface area (Å²) in [6.07, 6.45) is 15.6. The number of allylic oxidation sites excluding steroid dienone is 6. The Morgan fingerprint density at radius 3 is 2.03 bits per heavy atom. The molecule has 6 heteroatoms. The summed E-state index contributed by atoms with van der Waals surface area (Å²) in [5, 5.41) is 0. The monoisotopic (exact) mass is 498 g/mol. The molecule has 5 aliphatic carbocycles. The van der Waals surface area contributed by atoms with E-state index in [1.54, 1.807) is 0 Å². The van der Waals surface area contributed by atoms with E-state index in [4.69, 9.17) is 0 Å². The average molecular weight is 499 g/mol. The van der Waals surface area contributed by atoms with Gasteiger partial charge in [0.2, 0.25) is 23.6 Å². The van der Waals surface area contributed by atoms with Gasteiger partial charge in [0.15, 0.2) is 0 Å². The van der Waals surface area contributed by atoms with Crippen LogP contribution in [0.3, 0.4) is 0 Å². The van der Waals surface area contributed by atoms with E-state index in [9.17, 15) is 19.2 Å². The van der Waals surface area contributed by atoms with Crippen LogP contribution in [-0.2, 0) is 19.2 Å². The van der Waals surface area contributed by atoms with Gasteiger partial charge in [0, 0.05) is 6.54 Å². The van der Waals surface area contributed by atoms with Crippen molar-refractivity contribution in [1.29, 1.82) is 0 Å². The third kappa shape index (κ3) is 3.17. The van der Waals surface area contributed by atoms with Crippen LogP contribution in [0.5, 0.6) is 0 Å². The minimum atomic E-state index is -0.221. The minimum absolute atomic E-state index is 0.00502. The number of carbonyl (C=O) groups is 4. The molecule has 0 radical (unpaired) electrons. The average Bonchev–Trinajstić information content (AvgIpc) is 3.72. The second-order valence-electron chi connectivity index (χ2n) is 12.1. The van der Waals surface area contributed by atoms with Crippen molar-refractivity contribution in [3.63, 3.8) is 0 Å². The molecular formula is C31H34N2O4. The number of hydrogen-bond donors (Lipinski definition) is 0. The van der Waals surface area contributed by atoms with Crippen LogP contribution in [0.1, 0.15) is 45.4 Å². The molecule has 2 heterocycles. The Morgan fingerprint density at radius 2 is 1.41 bits per heavy atom. The third-order valence-corrected chi connectivity index (χ3v) is 10.4. The second kappa shape index (κ2) is 8.24. The van der Waals surface area contributed by atoms with Crippen molar-refractivity contribution in [1.82, 2.24) is 9.80 Å². The number of fused-ring (bicyclic) bond motifs is 10. The van der Waals surface area contributed by atoms with Crippen LogP contribution in [0.25, 0.3) is 0 Å². The zero-order valence-electron chi connectivity index (χ0n) is 21.4. The van der Waals surface area contributed by atoms with Crippen LogP contribution in [-0.4, -0.2) is 46.5 Å². The summed E-state index contributed by atoms with van der Waals surface area (Å²) >= 11 is 0. The summed E-state index contributed by atoms with van der Waals surface area (Å²) in [6, 6.07) is 0. The SMILES string of the molecule is C=CCC1=CC2CC1C1C(=O)N(CC3=CCCC(CN4C(=O)C5C6C=C(CC)C(C6)C5C4=O)=C3)C(=O)C21. The Labute approximate surface area is 217 Å². The maximum Gasteiger partial charge on any atom is 0.234 e. The molecule has 0 aromatic rings. The molecule has 2 saturated heterocycles. The quantitative estimate of drug-likeness (QED) is 0.393. The fourth-order valence-corrected chi connectivity index (χ4v) is 8.91. The molecule has 0 N–H and O–H groups in total. The fraction of sp³-hybridized carbons (Fsp3) is 0.548. The van der Waals surface area contributed by atoms with Crippen molar-refractivity contribution in [2.75, 3.05) is 13.1 Å². The van der Waals surface area contributed by atoms with E-state index >= 15 is 0 Å². The van der Waals surface area contributed by atoms with Gasteiger partial charge in [0.05, 0.1) is 30.2 Å².